The minimum atomic E-state index is -1.09. The third-order valence-electron chi connectivity index (χ3n) is 1.78. The number of para-hydroxylation sites is 1. The lowest BCUT2D eigenvalue weighted by Crippen LogP contribution is -1.96. The van der Waals surface area contributed by atoms with Crippen molar-refractivity contribution in [1.29, 1.82) is 0 Å². The number of H-pyrrole nitrogens is 1. The molecule has 0 bridgehead atoms. The van der Waals surface area contributed by atoms with E-state index in [9.17, 15) is 9.90 Å². The smallest absolute Gasteiger partial charge is 0.354 e. The molecule has 2 rings (SSSR count). The highest BCUT2D eigenvalue weighted by atomic mass is 16.4. The molecule has 0 radical (unpaired) electrons. The molecule has 0 fully saturated rings. The van der Waals surface area contributed by atoms with Crippen LogP contribution in [0.25, 0.3) is 10.9 Å². The van der Waals surface area contributed by atoms with E-state index in [4.69, 9.17) is 5.11 Å². The largest absolute Gasteiger partial charge is 0.506 e. The Hall–Kier alpha value is -2.04. The lowest BCUT2D eigenvalue weighted by molar-refractivity contribution is 0.0692. The van der Waals surface area contributed by atoms with Crippen LogP contribution in [0.1, 0.15) is 10.5 Å². The molecule has 0 saturated heterocycles. The van der Waals surface area contributed by atoms with Gasteiger partial charge in [0.15, 0.2) is 5.69 Å². The zero-order chi connectivity index (χ0) is 9.42. The predicted molar refractivity (Wildman–Crippen MR) is 44.7 cm³/mol. The molecule has 2 aromatic rings. The Morgan fingerprint density at radius 3 is 2.92 bits per heavy atom. The first-order valence-electron chi connectivity index (χ1n) is 3.59. The van der Waals surface area contributed by atoms with Crippen molar-refractivity contribution in [3.8, 4) is 5.75 Å². The normalized spacial score (nSPS) is 10.5. The van der Waals surface area contributed by atoms with Gasteiger partial charge in [-0.1, -0.05) is 12.1 Å². The summed E-state index contributed by atoms with van der Waals surface area (Å²) < 4.78 is 0. The first-order valence-corrected chi connectivity index (χ1v) is 3.59. The van der Waals surface area contributed by atoms with Crippen molar-refractivity contribution in [3.63, 3.8) is 0 Å². The number of aromatic nitrogens is 2. The zero-order valence-electron chi connectivity index (χ0n) is 6.48. The molecule has 0 aliphatic rings. The van der Waals surface area contributed by atoms with Crippen LogP contribution in [0, 0.1) is 0 Å². The predicted octanol–water partition coefficient (Wildman–Crippen LogP) is 0.967. The fourth-order valence-corrected chi connectivity index (χ4v) is 1.19. The SMILES string of the molecule is O=C(O)c1[nH]nc2c(O)cccc12. The van der Waals surface area contributed by atoms with E-state index >= 15 is 0 Å². The Morgan fingerprint density at radius 1 is 1.46 bits per heavy atom. The molecule has 1 aromatic carbocycles. The van der Waals surface area contributed by atoms with Gasteiger partial charge in [0, 0.05) is 5.39 Å². The van der Waals surface area contributed by atoms with Gasteiger partial charge in [0.1, 0.15) is 11.3 Å². The highest BCUT2D eigenvalue weighted by Crippen LogP contribution is 2.23. The van der Waals surface area contributed by atoms with Crippen molar-refractivity contribution in [2.24, 2.45) is 0 Å². The van der Waals surface area contributed by atoms with Gasteiger partial charge in [0.2, 0.25) is 0 Å². The Labute approximate surface area is 72.6 Å². The number of hydrogen-bond donors (Lipinski definition) is 3. The lowest BCUT2D eigenvalue weighted by Gasteiger charge is -1.91. The molecule has 1 aromatic heterocycles. The minimum absolute atomic E-state index is 0.00843. The zero-order valence-corrected chi connectivity index (χ0v) is 6.48. The average molecular weight is 178 g/mol. The number of aromatic hydroxyl groups is 1. The summed E-state index contributed by atoms with van der Waals surface area (Å²) >= 11 is 0. The lowest BCUT2D eigenvalue weighted by atomic mass is 10.2. The quantitative estimate of drug-likeness (QED) is 0.607. The maximum atomic E-state index is 10.6. The molecular formula is C8H6N2O3. The monoisotopic (exact) mass is 178 g/mol. The Balaban J connectivity index is 2.83. The Kier molecular flexibility index (Phi) is 1.45. The number of aromatic amines is 1. The number of aromatic carboxylic acids is 1. The second kappa shape index (κ2) is 2.48. The molecule has 0 aliphatic heterocycles. The summed E-state index contributed by atoms with van der Waals surface area (Å²) in [6, 6.07) is 4.61. The fraction of sp³-hybridized carbons (Fsp3) is 0. The van der Waals surface area contributed by atoms with Crippen LogP contribution < -0.4 is 0 Å². The topological polar surface area (TPSA) is 86.2 Å². The van der Waals surface area contributed by atoms with Gasteiger partial charge in [-0.05, 0) is 6.07 Å². The van der Waals surface area contributed by atoms with E-state index in [2.05, 4.69) is 10.2 Å². The number of rotatable bonds is 1. The van der Waals surface area contributed by atoms with Crippen LogP contribution >= 0.6 is 0 Å². The maximum Gasteiger partial charge on any atom is 0.354 e. The molecule has 0 amide bonds. The van der Waals surface area contributed by atoms with Gasteiger partial charge in [-0.3, -0.25) is 5.10 Å². The van der Waals surface area contributed by atoms with Crippen LogP contribution in [-0.4, -0.2) is 26.4 Å². The molecule has 66 valence electrons. The van der Waals surface area contributed by atoms with E-state index in [0.29, 0.717) is 5.39 Å². The number of carboxylic acids is 1. The fourth-order valence-electron chi connectivity index (χ4n) is 1.19. The third kappa shape index (κ3) is 1.01. The standard InChI is InChI=1S/C8H6N2O3/c11-5-3-1-2-4-6(5)9-10-7(4)8(12)13/h1-3,11H,(H,9,10)(H,12,13). The van der Waals surface area contributed by atoms with Crippen LogP contribution in [0.3, 0.4) is 0 Å². The summed E-state index contributed by atoms with van der Waals surface area (Å²) in [6.45, 7) is 0. The summed E-state index contributed by atoms with van der Waals surface area (Å²) in [7, 11) is 0. The second-order valence-corrected chi connectivity index (χ2v) is 2.58. The molecular weight excluding hydrogens is 172 g/mol. The van der Waals surface area contributed by atoms with Crippen LogP contribution in [0.15, 0.2) is 18.2 Å². The van der Waals surface area contributed by atoms with Crippen molar-refractivity contribution in [3.05, 3.63) is 23.9 Å². The first kappa shape index (κ1) is 7.60. The number of carboxylic acid groups (broad SMARTS) is 1. The number of phenolic OH excluding ortho intramolecular Hbond substituents is 1. The second-order valence-electron chi connectivity index (χ2n) is 2.58. The summed E-state index contributed by atoms with van der Waals surface area (Å²) in [5.41, 5.74) is 0.269. The molecule has 0 atom stereocenters. The average Bonchev–Trinajstić information content (AvgIpc) is 2.48. The number of fused-ring (bicyclic) bond motifs is 1. The van der Waals surface area contributed by atoms with Gasteiger partial charge >= 0.3 is 5.97 Å². The minimum Gasteiger partial charge on any atom is -0.506 e. The number of nitrogens with one attached hydrogen (secondary N) is 1. The van der Waals surface area contributed by atoms with Crippen molar-refractivity contribution < 1.29 is 15.0 Å². The van der Waals surface area contributed by atoms with Crippen molar-refractivity contribution in [1.82, 2.24) is 10.2 Å². The van der Waals surface area contributed by atoms with E-state index < -0.39 is 5.97 Å². The van der Waals surface area contributed by atoms with Crippen molar-refractivity contribution in [2.75, 3.05) is 0 Å². The van der Waals surface area contributed by atoms with Crippen LogP contribution in [0.4, 0.5) is 0 Å². The Bertz CT molecular complexity index is 475. The van der Waals surface area contributed by atoms with Gasteiger partial charge < -0.3 is 10.2 Å². The number of nitrogens with zero attached hydrogens (tertiary/aromatic N) is 1. The van der Waals surface area contributed by atoms with Crippen LogP contribution in [0.2, 0.25) is 0 Å². The highest BCUT2D eigenvalue weighted by Gasteiger charge is 2.13. The summed E-state index contributed by atoms with van der Waals surface area (Å²) in [4.78, 5) is 10.6. The van der Waals surface area contributed by atoms with E-state index in [1.165, 1.54) is 6.07 Å². The molecule has 1 heterocycles. The van der Waals surface area contributed by atoms with Gasteiger partial charge in [0.25, 0.3) is 0 Å². The van der Waals surface area contributed by atoms with Crippen LogP contribution in [0.5, 0.6) is 5.75 Å². The molecule has 5 heteroatoms. The molecule has 0 aliphatic carbocycles. The maximum absolute atomic E-state index is 10.6. The number of hydrogen-bond acceptors (Lipinski definition) is 3. The highest BCUT2D eigenvalue weighted by molar-refractivity contribution is 6.02. The van der Waals surface area contributed by atoms with E-state index in [1.54, 1.807) is 12.1 Å². The van der Waals surface area contributed by atoms with Gasteiger partial charge in [-0.25, -0.2) is 4.79 Å². The van der Waals surface area contributed by atoms with E-state index in [1.807, 2.05) is 0 Å². The number of carbonyl (C=O) groups is 1. The summed E-state index contributed by atoms with van der Waals surface area (Å²) in [5.74, 6) is -1.12. The Morgan fingerprint density at radius 2 is 2.23 bits per heavy atom. The third-order valence-corrected chi connectivity index (χ3v) is 1.78. The van der Waals surface area contributed by atoms with Crippen molar-refractivity contribution >= 4 is 16.9 Å². The molecule has 5 nitrogen and oxygen atoms in total. The van der Waals surface area contributed by atoms with Crippen molar-refractivity contribution in [2.45, 2.75) is 0 Å². The summed E-state index contributed by atoms with van der Waals surface area (Å²) in [6.07, 6.45) is 0. The summed E-state index contributed by atoms with van der Waals surface area (Å²) in [5, 5.41) is 24.4. The van der Waals surface area contributed by atoms with E-state index in [0.717, 1.165) is 0 Å². The van der Waals surface area contributed by atoms with Gasteiger partial charge in [0.05, 0.1) is 0 Å². The van der Waals surface area contributed by atoms with E-state index in [-0.39, 0.29) is 17.0 Å². The van der Waals surface area contributed by atoms with Gasteiger partial charge in [-0.2, -0.15) is 5.10 Å². The number of phenols is 1. The van der Waals surface area contributed by atoms with Gasteiger partial charge in [-0.15, -0.1) is 0 Å². The molecule has 0 unspecified atom stereocenters. The molecule has 0 spiro atoms. The van der Waals surface area contributed by atoms with Crippen LogP contribution in [-0.2, 0) is 0 Å². The molecule has 0 saturated carbocycles. The molecule has 3 N–H and O–H groups in total. The molecule has 13 heavy (non-hydrogen) atoms. The number of benzene rings is 1. The first-order chi connectivity index (χ1) is 6.20.